The van der Waals surface area contributed by atoms with Crippen LogP contribution in [0.3, 0.4) is 0 Å². The summed E-state index contributed by atoms with van der Waals surface area (Å²) in [6.45, 7) is 2.17. The summed E-state index contributed by atoms with van der Waals surface area (Å²) in [5.41, 5.74) is 0. The van der Waals surface area contributed by atoms with Crippen molar-refractivity contribution in [2.24, 2.45) is 0 Å². The Hall–Kier alpha value is -1.38. The van der Waals surface area contributed by atoms with E-state index in [0.717, 1.165) is 0 Å². The molecule has 0 bridgehead atoms. The van der Waals surface area contributed by atoms with Gasteiger partial charge in [0.2, 0.25) is 0 Å². The van der Waals surface area contributed by atoms with E-state index in [0.29, 0.717) is 6.54 Å². The highest BCUT2D eigenvalue weighted by molar-refractivity contribution is 5.83. The summed E-state index contributed by atoms with van der Waals surface area (Å²) >= 11 is 0. The van der Waals surface area contributed by atoms with Gasteiger partial charge in [0.1, 0.15) is 6.04 Å². The van der Waals surface area contributed by atoms with Crippen molar-refractivity contribution in [3.8, 4) is 0 Å². The molecule has 0 aromatic heterocycles. The van der Waals surface area contributed by atoms with Gasteiger partial charge in [-0.05, 0) is 6.92 Å². The molecule has 0 aliphatic carbocycles. The molecule has 0 spiro atoms. The van der Waals surface area contributed by atoms with E-state index < -0.39 is 30.3 Å². The predicted octanol–water partition coefficient (Wildman–Crippen LogP) is -1.29. The highest BCUT2D eigenvalue weighted by Crippen LogP contribution is 2.22. The number of rotatable bonds is 2. The highest BCUT2D eigenvalue weighted by Gasteiger charge is 2.42. The molecule has 4 atom stereocenters. The zero-order chi connectivity index (χ0) is 14.9. The number of urea groups is 1. The minimum atomic E-state index is -1.12. The van der Waals surface area contributed by atoms with Gasteiger partial charge in [-0.3, -0.25) is 0 Å². The molecule has 8 nitrogen and oxygen atoms in total. The average Bonchev–Trinajstić information content (AvgIpc) is 2.79. The van der Waals surface area contributed by atoms with E-state index in [2.05, 4.69) is 0 Å². The second-order valence-corrected chi connectivity index (χ2v) is 5.33. The third kappa shape index (κ3) is 3.02. The van der Waals surface area contributed by atoms with Gasteiger partial charge >= 0.3 is 12.0 Å². The molecule has 2 aliphatic heterocycles. The van der Waals surface area contributed by atoms with Crippen LogP contribution < -0.4 is 0 Å². The average molecular weight is 288 g/mol. The maximum atomic E-state index is 12.4. The number of nitrogens with zero attached hydrogens (tertiary/aromatic N) is 2. The molecular formula is C12H20N2O6. The summed E-state index contributed by atoms with van der Waals surface area (Å²) in [6.07, 6.45) is -1.45. The lowest BCUT2D eigenvalue weighted by Gasteiger charge is -2.38. The standard InChI is InChI=1S/C12H20N2O6/c1-7-3-13(5-9(6-15)20-7)12(19)14-4-8(16)2-10(14)11(17)18/h7-10,15-16H,2-6H2,1H3,(H,17,18). The van der Waals surface area contributed by atoms with Gasteiger partial charge in [-0.15, -0.1) is 0 Å². The molecule has 2 amide bonds. The largest absolute Gasteiger partial charge is 0.480 e. The zero-order valence-corrected chi connectivity index (χ0v) is 11.3. The van der Waals surface area contributed by atoms with Crippen molar-refractivity contribution in [3.05, 3.63) is 0 Å². The second-order valence-electron chi connectivity index (χ2n) is 5.33. The van der Waals surface area contributed by atoms with E-state index >= 15 is 0 Å². The molecule has 2 saturated heterocycles. The van der Waals surface area contributed by atoms with Crippen LogP contribution in [0.25, 0.3) is 0 Å². The number of aliphatic carboxylic acids is 1. The number of amides is 2. The molecule has 114 valence electrons. The molecule has 2 heterocycles. The lowest BCUT2D eigenvalue weighted by molar-refractivity contribution is -0.141. The minimum Gasteiger partial charge on any atom is -0.480 e. The maximum Gasteiger partial charge on any atom is 0.326 e. The Bertz CT molecular complexity index is 390. The van der Waals surface area contributed by atoms with Crippen molar-refractivity contribution < 1.29 is 29.6 Å². The van der Waals surface area contributed by atoms with Gasteiger partial charge in [0.05, 0.1) is 31.5 Å². The van der Waals surface area contributed by atoms with Crippen LogP contribution in [0.2, 0.25) is 0 Å². The zero-order valence-electron chi connectivity index (χ0n) is 11.3. The molecular weight excluding hydrogens is 268 g/mol. The number of carbonyl (C=O) groups excluding carboxylic acids is 1. The number of carbonyl (C=O) groups is 2. The molecule has 2 fully saturated rings. The van der Waals surface area contributed by atoms with Gasteiger partial charge in [0.25, 0.3) is 0 Å². The fourth-order valence-corrected chi connectivity index (χ4v) is 2.74. The number of ether oxygens (including phenoxy) is 1. The van der Waals surface area contributed by atoms with Gasteiger partial charge in [0.15, 0.2) is 0 Å². The van der Waals surface area contributed by atoms with Crippen molar-refractivity contribution in [2.75, 3.05) is 26.2 Å². The molecule has 20 heavy (non-hydrogen) atoms. The lowest BCUT2D eigenvalue weighted by Crippen LogP contribution is -2.56. The van der Waals surface area contributed by atoms with Gasteiger partial charge in [-0.1, -0.05) is 0 Å². The maximum absolute atomic E-state index is 12.4. The summed E-state index contributed by atoms with van der Waals surface area (Å²) < 4.78 is 5.45. The molecule has 2 rings (SSSR count). The van der Waals surface area contributed by atoms with Crippen LogP contribution in [0.15, 0.2) is 0 Å². The number of carboxylic acids is 1. The molecule has 0 aromatic rings. The number of hydrogen-bond donors (Lipinski definition) is 3. The summed E-state index contributed by atoms with van der Waals surface area (Å²) in [5.74, 6) is -1.12. The summed E-state index contributed by atoms with van der Waals surface area (Å²) in [4.78, 5) is 26.2. The Morgan fingerprint density at radius 2 is 2.00 bits per heavy atom. The quantitative estimate of drug-likeness (QED) is 0.583. The van der Waals surface area contributed by atoms with Crippen LogP contribution in [-0.4, -0.2) is 87.7 Å². The van der Waals surface area contributed by atoms with Crippen LogP contribution in [0, 0.1) is 0 Å². The van der Waals surface area contributed by atoms with Crippen LogP contribution in [-0.2, 0) is 9.53 Å². The van der Waals surface area contributed by atoms with E-state index in [4.69, 9.17) is 14.9 Å². The Labute approximate surface area is 116 Å². The Morgan fingerprint density at radius 3 is 2.60 bits per heavy atom. The summed E-state index contributed by atoms with van der Waals surface area (Å²) in [6, 6.07) is -1.43. The Kier molecular flexibility index (Phi) is 4.46. The van der Waals surface area contributed by atoms with E-state index in [1.54, 1.807) is 6.92 Å². The SMILES string of the molecule is CC1CN(C(=O)N2CC(O)CC2C(=O)O)CC(CO)O1. The first kappa shape index (κ1) is 15.0. The first-order chi connectivity index (χ1) is 9.42. The smallest absolute Gasteiger partial charge is 0.326 e. The third-order valence-electron chi connectivity index (χ3n) is 3.61. The van der Waals surface area contributed by atoms with E-state index in [1.165, 1.54) is 9.80 Å². The fraction of sp³-hybridized carbons (Fsp3) is 0.833. The summed E-state index contributed by atoms with van der Waals surface area (Å²) in [5, 5.41) is 27.8. The van der Waals surface area contributed by atoms with Gasteiger partial charge < -0.3 is 29.9 Å². The van der Waals surface area contributed by atoms with Crippen molar-refractivity contribution in [1.29, 1.82) is 0 Å². The first-order valence-corrected chi connectivity index (χ1v) is 6.65. The van der Waals surface area contributed by atoms with Crippen molar-refractivity contribution in [2.45, 2.75) is 37.7 Å². The minimum absolute atomic E-state index is 0.0192. The topological polar surface area (TPSA) is 111 Å². The van der Waals surface area contributed by atoms with E-state index in [1.807, 2.05) is 0 Å². The van der Waals surface area contributed by atoms with Gasteiger partial charge in [0, 0.05) is 19.5 Å². The Balaban J connectivity index is 2.07. The molecule has 2 aliphatic rings. The van der Waals surface area contributed by atoms with Crippen LogP contribution in [0.5, 0.6) is 0 Å². The van der Waals surface area contributed by atoms with Crippen LogP contribution >= 0.6 is 0 Å². The molecule has 3 N–H and O–H groups in total. The third-order valence-corrected chi connectivity index (χ3v) is 3.61. The number of morpholine rings is 1. The number of β-amino-alcohol motifs (C(OH)–C–C–N with tert-alkyl or cyclic N) is 1. The van der Waals surface area contributed by atoms with Crippen LogP contribution in [0.4, 0.5) is 4.79 Å². The van der Waals surface area contributed by atoms with Crippen molar-refractivity contribution in [1.82, 2.24) is 9.80 Å². The highest BCUT2D eigenvalue weighted by atomic mass is 16.5. The number of aliphatic hydroxyl groups excluding tert-OH is 2. The van der Waals surface area contributed by atoms with Gasteiger partial charge in [-0.2, -0.15) is 0 Å². The fourth-order valence-electron chi connectivity index (χ4n) is 2.74. The monoisotopic (exact) mass is 288 g/mol. The summed E-state index contributed by atoms with van der Waals surface area (Å²) in [7, 11) is 0. The number of likely N-dealkylation sites (tertiary alicyclic amines) is 1. The van der Waals surface area contributed by atoms with Gasteiger partial charge in [-0.25, -0.2) is 9.59 Å². The van der Waals surface area contributed by atoms with E-state index in [9.17, 15) is 14.7 Å². The predicted molar refractivity (Wildman–Crippen MR) is 67.1 cm³/mol. The number of aliphatic hydroxyl groups is 2. The molecule has 0 saturated carbocycles. The first-order valence-electron chi connectivity index (χ1n) is 6.65. The van der Waals surface area contributed by atoms with Crippen molar-refractivity contribution in [3.63, 3.8) is 0 Å². The lowest BCUT2D eigenvalue weighted by atomic mass is 10.2. The van der Waals surface area contributed by atoms with Crippen molar-refractivity contribution >= 4 is 12.0 Å². The second kappa shape index (κ2) is 5.94. The normalized spacial score (nSPS) is 34.4. The number of carboxylic acid groups (broad SMARTS) is 1. The Morgan fingerprint density at radius 1 is 1.30 bits per heavy atom. The molecule has 0 radical (unpaired) electrons. The molecule has 4 unspecified atom stereocenters. The molecule has 0 aromatic carbocycles. The van der Waals surface area contributed by atoms with E-state index in [-0.39, 0.29) is 32.2 Å². The van der Waals surface area contributed by atoms with Crippen LogP contribution in [0.1, 0.15) is 13.3 Å². The number of hydrogen-bond acceptors (Lipinski definition) is 5. The molecule has 8 heteroatoms.